The second-order valence-electron chi connectivity index (χ2n) is 6.39. The van der Waals surface area contributed by atoms with Gasteiger partial charge in [-0.1, -0.05) is 13.8 Å². The van der Waals surface area contributed by atoms with Crippen LogP contribution in [0.2, 0.25) is 0 Å². The van der Waals surface area contributed by atoms with Crippen LogP contribution in [0, 0.1) is 5.92 Å². The highest BCUT2D eigenvalue weighted by Gasteiger charge is 2.27. The van der Waals surface area contributed by atoms with E-state index in [9.17, 15) is 0 Å². The summed E-state index contributed by atoms with van der Waals surface area (Å²) in [5.74, 6) is 0.634. The maximum Gasteiger partial charge on any atom is 0.0593 e. The molecule has 17 heavy (non-hydrogen) atoms. The molecule has 3 heteroatoms. The molecular formula is C14H30N2O. The van der Waals surface area contributed by atoms with Crippen LogP contribution in [0.5, 0.6) is 0 Å². The Bertz CT molecular complexity index is 216. The highest BCUT2D eigenvalue weighted by Crippen LogP contribution is 2.15. The molecular weight excluding hydrogens is 212 g/mol. The first-order valence-electron chi connectivity index (χ1n) is 6.97. The summed E-state index contributed by atoms with van der Waals surface area (Å²) in [6.07, 6.45) is 1.23. The summed E-state index contributed by atoms with van der Waals surface area (Å²) in [4.78, 5) is 2.56. The lowest BCUT2D eigenvalue weighted by Crippen LogP contribution is -2.48. The Labute approximate surface area is 107 Å². The molecule has 0 aromatic rings. The van der Waals surface area contributed by atoms with E-state index >= 15 is 0 Å². The van der Waals surface area contributed by atoms with Gasteiger partial charge in [0.05, 0.1) is 6.61 Å². The van der Waals surface area contributed by atoms with Gasteiger partial charge in [-0.2, -0.15) is 0 Å². The molecule has 0 radical (unpaired) electrons. The summed E-state index contributed by atoms with van der Waals surface area (Å²) in [6.45, 7) is 16.3. The highest BCUT2D eigenvalue weighted by molar-refractivity contribution is 4.87. The van der Waals surface area contributed by atoms with Gasteiger partial charge in [-0.3, -0.25) is 4.90 Å². The Balaban J connectivity index is 2.33. The molecule has 1 N–H and O–H groups in total. The van der Waals surface area contributed by atoms with Crippen molar-refractivity contribution < 1.29 is 4.74 Å². The molecule has 0 aliphatic carbocycles. The Morgan fingerprint density at radius 1 is 1.41 bits per heavy atom. The number of hydrogen-bond donors (Lipinski definition) is 1. The van der Waals surface area contributed by atoms with Crippen LogP contribution in [-0.4, -0.2) is 49.3 Å². The monoisotopic (exact) mass is 242 g/mol. The topological polar surface area (TPSA) is 24.5 Å². The zero-order valence-corrected chi connectivity index (χ0v) is 12.3. The van der Waals surface area contributed by atoms with Gasteiger partial charge >= 0.3 is 0 Å². The molecule has 1 saturated heterocycles. The molecule has 0 bridgehead atoms. The standard InChI is InChI=1S/C14H30N2O/c1-12(2)10-17-9-8-16-11-14(4,5)15-7-6-13(16)3/h12-13,15H,6-11H2,1-5H3. The van der Waals surface area contributed by atoms with Gasteiger partial charge in [-0.15, -0.1) is 0 Å². The summed E-state index contributed by atoms with van der Waals surface area (Å²) in [5, 5.41) is 3.61. The molecule has 1 atom stereocenters. The van der Waals surface area contributed by atoms with Crippen molar-refractivity contribution in [2.45, 2.75) is 52.6 Å². The van der Waals surface area contributed by atoms with Gasteiger partial charge in [0.2, 0.25) is 0 Å². The SMILES string of the molecule is CC(C)COCCN1CC(C)(C)NCCC1C. The lowest BCUT2D eigenvalue weighted by Gasteiger charge is -2.32. The maximum atomic E-state index is 5.69. The smallest absolute Gasteiger partial charge is 0.0593 e. The molecule has 0 saturated carbocycles. The Morgan fingerprint density at radius 2 is 2.12 bits per heavy atom. The molecule has 3 nitrogen and oxygen atoms in total. The summed E-state index contributed by atoms with van der Waals surface area (Å²) < 4.78 is 5.69. The predicted octanol–water partition coefficient (Wildman–Crippen LogP) is 2.12. The number of nitrogens with zero attached hydrogens (tertiary/aromatic N) is 1. The third-order valence-corrected chi connectivity index (χ3v) is 3.36. The van der Waals surface area contributed by atoms with Crippen molar-refractivity contribution in [2.75, 3.05) is 32.8 Å². The molecule has 0 aromatic heterocycles. The molecule has 1 heterocycles. The molecule has 102 valence electrons. The summed E-state index contributed by atoms with van der Waals surface area (Å²) in [7, 11) is 0. The van der Waals surface area contributed by atoms with Gasteiger partial charge in [0.15, 0.2) is 0 Å². The molecule has 1 aliphatic rings. The minimum absolute atomic E-state index is 0.225. The fraction of sp³-hybridized carbons (Fsp3) is 1.00. The van der Waals surface area contributed by atoms with Crippen LogP contribution in [0.4, 0.5) is 0 Å². The second-order valence-corrected chi connectivity index (χ2v) is 6.39. The number of hydrogen-bond acceptors (Lipinski definition) is 3. The van der Waals surface area contributed by atoms with Crippen LogP contribution < -0.4 is 5.32 Å². The van der Waals surface area contributed by atoms with Gasteiger partial charge in [-0.25, -0.2) is 0 Å². The van der Waals surface area contributed by atoms with Gasteiger partial charge in [0.25, 0.3) is 0 Å². The number of rotatable bonds is 5. The minimum atomic E-state index is 0.225. The largest absolute Gasteiger partial charge is 0.380 e. The maximum absolute atomic E-state index is 5.69. The lowest BCUT2D eigenvalue weighted by molar-refractivity contribution is 0.0696. The van der Waals surface area contributed by atoms with Crippen LogP contribution >= 0.6 is 0 Å². The fourth-order valence-electron chi connectivity index (χ4n) is 2.32. The van der Waals surface area contributed by atoms with E-state index < -0.39 is 0 Å². The van der Waals surface area contributed by atoms with Gasteiger partial charge < -0.3 is 10.1 Å². The average molecular weight is 242 g/mol. The van der Waals surface area contributed by atoms with E-state index in [4.69, 9.17) is 4.74 Å². The highest BCUT2D eigenvalue weighted by atomic mass is 16.5. The molecule has 1 fully saturated rings. The van der Waals surface area contributed by atoms with E-state index in [0.717, 1.165) is 32.8 Å². The summed E-state index contributed by atoms with van der Waals surface area (Å²) in [5.41, 5.74) is 0.225. The molecule has 1 aliphatic heterocycles. The minimum Gasteiger partial charge on any atom is -0.380 e. The van der Waals surface area contributed by atoms with E-state index in [1.807, 2.05) is 0 Å². The zero-order chi connectivity index (χ0) is 12.9. The van der Waals surface area contributed by atoms with Gasteiger partial charge in [0.1, 0.15) is 0 Å². The van der Waals surface area contributed by atoms with Crippen LogP contribution in [0.3, 0.4) is 0 Å². The van der Waals surface area contributed by atoms with Gasteiger partial charge in [-0.05, 0) is 39.7 Å². The number of ether oxygens (including phenoxy) is 1. The second kappa shape index (κ2) is 6.72. The molecule has 1 unspecified atom stereocenters. The number of nitrogens with one attached hydrogen (secondary N) is 1. The van der Waals surface area contributed by atoms with Crippen LogP contribution in [0.15, 0.2) is 0 Å². The molecule has 0 spiro atoms. The van der Waals surface area contributed by atoms with Crippen molar-refractivity contribution in [2.24, 2.45) is 5.92 Å². The third kappa shape index (κ3) is 5.84. The van der Waals surface area contributed by atoms with Crippen molar-refractivity contribution in [1.82, 2.24) is 10.2 Å². The van der Waals surface area contributed by atoms with Crippen LogP contribution in [0.1, 0.15) is 41.0 Å². The normalized spacial score (nSPS) is 26.1. The Kier molecular flexibility index (Phi) is 5.90. The van der Waals surface area contributed by atoms with Crippen molar-refractivity contribution in [1.29, 1.82) is 0 Å². The van der Waals surface area contributed by atoms with Crippen molar-refractivity contribution in [3.8, 4) is 0 Å². The quantitative estimate of drug-likeness (QED) is 0.747. The van der Waals surface area contributed by atoms with Crippen LogP contribution in [-0.2, 0) is 4.74 Å². The molecule has 0 aromatic carbocycles. The average Bonchev–Trinajstić information content (AvgIpc) is 2.33. The Morgan fingerprint density at radius 3 is 2.76 bits per heavy atom. The van der Waals surface area contributed by atoms with E-state index in [-0.39, 0.29) is 5.54 Å². The predicted molar refractivity (Wildman–Crippen MR) is 73.4 cm³/mol. The van der Waals surface area contributed by atoms with Crippen molar-refractivity contribution >= 4 is 0 Å². The molecule has 1 rings (SSSR count). The van der Waals surface area contributed by atoms with E-state index in [0.29, 0.717) is 12.0 Å². The first-order valence-corrected chi connectivity index (χ1v) is 6.97. The van der Waals surface area contributed by atoms with Crippen LogP contribution in [0.25, 0.3) is 0 Å². The summed E-state index contributed by atoms with van der Waals surface area (Å²) in [6, 6.07) is 0.659. The summed E-state index contributed by atoms with van der Waals surface area (Å²) >= 11 is 0. The van der Waals surface area contributed by atoms with E-state index in [2.05, 4.69) is 44.8 Å². The van der Waals surface area contributed by atoms with E-state index in [1.165, 1.54) is 6.42 Å². The third-order valence-electron chi connectivity index (χ3n) is 3.36. The first-order chi connectivity index (χ1) is 7.91. The van der Waals surface area contributed by atoms with Gasteiger partial charge in [0, 0.05) is 31.3 Å². The van der Waals surface area contributed by atoms with E-state index in [1.54, 1.807) is 0 Å². The first kappa shape index (κ1) is 14.9. The zero-order valence-electron chi connectivity index (χ0n) is 12.3. The lowest BCUT2D eigenvalue weighted by atomic mass is 10.1. The van der Waals surface area contributed by atoms with Crippen molar-refractivity contribution in [3.63, 3.8) is 0 Å². The Hall–Kier alpha value is -0.120. The van der Waals surface area contributed by atoms with Crippen molar-refractivity contribution in [3.05, 3.63) is 0 Å². The fourth-order valence-corrected chi connectivity index (χ4v) is 2.32. The molecule has 0 amide bonds.